The number of likely N-dealkylation sites (N-methyl/N-ethyl adjacent to an activating group) is 1. The average Bonchev–Trinajstić information content (AvgIpc) is 2.30. The van der Waals surface area contributed by atoms with E-state index >= 15 is 0 Å². The first kappa shape index (κ1) is 18.4. The smallest absolute Gasteiger partial charge is 0.307 e. The molecule has 1 atom stereocenters. The summed E-state index contributed by atoms with van der Waals surface area (Å²) in [7, 11) is 4.06. The summed E-state index contributed by atoms with van der Waals surface area (Å²) in [6.45, 7) is 9.87. The van der Waals surface area contributed by atoms with Gasteiger partial charge in [-0.2, -0.15) is 0 Å². The minimum absolute atomic E-state index is 0.258. The van der Waals surface area contributed by atoms with Crippen LogP contribution in [0.1, 0.15) is 27.2 Å². The summed E-state index contributed by atoms with van der Waals surface area (Å²) < 4.78 is 5.52. The van der Waals surface area contributed by atoms with E-state index < -0.39 is 5.97 Å². The van der Waals surface area contributed by atoms with Crippen LogP contribution in [-0.4, -0.2) is 73.9 Å². The molecule has 0 saturated carbocycles. The third-order valence-electron chi connectivity index (χ3n) is 2.89. The van der Waals surface area contributed by atoms with Gasteiger partial charge in [0.05, 0.1) is 12.0 Å². The van der Waals surface area contributed by atoms with Crippen LogP contribution in [0.5, 0.6) is 0 Å². The Kier molecular flexibility index (Phi) is 9.83. The second-order valence-corrected chi connectivity index (χ2v) is 5.62. The lowest BCUT2D eigenvalue weighted by Crippen LogP contribution is -2.37. The van der Waals surface area contributed by atoms with Gasteiger partial charge < -0.3 is 19.6 Å². The van der Waals surface area contributed by atoms with Crippen LogP contribution in [0.3, 0.4) is 0 Å². The third kappa shape index (κ3) is 10.9. The van der Waals surface area contributed by atoms with Crippen molar-refractivity contribution in [3.05, 3.63) is 0 Å². The number of ether oxygens (including phenoxy) is 1. The van der Waals surface area contributed by atoms with Gasteiger partial charge in [0, 0.05) is 32.8 Å². The second kappa shape index (κ2) is 10.2. The van der Waals surface area contributed by atoms with Crippen LogP contribution in [0.2, 0.25) is 0 Å². The van der Waals surface area contributed by atoms with Crippen LogP contribution in [-0.2, 0) is 9.53 Å². The molecule has 0 aromatic heterocycles. The zero-order valence-electron chi connectivity index (χ0n) is 13.1. The zero-order chi connectivity index (χ0) is 14.8. The van der Waals surface area contributed by atoms with Gasteiger partial charge in [0.15, 0.2) is 0 Å². The fraction of sp³-hybridized carbons (Fsp3) is 0.929. The van der Waals surface area contributed by atoms with Crippen LogP contribution in [0.4, 0.5) is 0 Å². The molecule has 0 radical (unpaired) electrons. The summed E-state index contributed by atoms with van der Waals surface area (Å²) in [5.74, 6) is -1.05. The molecule has 1 unspecified atom stereocenters. The zero-order valence-corrected chi connectivity index (χ0v) is 13.1. The van der Waals surface area contributed by atoms with E-state index in [1.807, 2.05) is 27.9 Å². The molecule has 0 saturated heterocycles. The number of aliphatic carboxylic acids is 1. The van der Waals surface area contributed by atoms with Crippen LogP contribution < -0.4 is 0 Å². The summed E-state index contributed by atoms with van der Waals surface area (Å²) >= 11 is 0. The number of carbonyl (C=O) groups is 1. The molecule has 0 aliphatic heterocycles. The van der Waals surface area contributed by atoms with E-state index in [2.05, 4.69) is 9.80 Å². The van der Waals surface area contributed by atoms with Gasteiger partial charge in [-0.3, -0.25) is 4.79 Å². The van der Waals surface area contributed by atoms with E-state index in [0.717, 1.165) is 32.7 Å². The lowest BCUT2D eigenvalue weighted by Gasteiger charge is -2.25. The highest BCUT2D eigenvalue weighted by Crippen LogP contribution is 2.02. The molecule has 5 heteroatoms. The molecular formula is C14H30N2O3. The van der Waals surface area contributed by atoms with Gasteiger partial charge in [-0.15, -0.1) is 0 Å². The van der Waals surface area contributed by atoms with E-state index in [9.17, 15) is 4.79 Å². The fourth-order valence-corrected chi connectivity index (χ4v) is 1.71. The van der Waals surface area contributed by atoms with Crippen molar-refractivity contribution < 1.29 is 14.6 Å². The summed E-state index contributed by atoms with van der Waals surface area (Å²) in [5.41, 5.74) is 0. The lowest BCUT2D eigenvalue weighted by atomic mass is 10.1. The van der Waals surface area contributed by atoms with Crippen molar-refractivity contribution in [2.24, 2.45) is 5.92 Å². The Morgan fingerprint density at radius 3 is 2.26 bits per heavy atom. The Morgan fingerprint density at radius 1 is 1.16 bits per heavy atom. The second-order valence-electron chi connectivity index (χ2n) is 5.62. The number of hydrogen-bond acceptors (Lipinski definition) is 4. The van der Waals surface area contributed by atoms with Crippen molar-refractivity contribution in [1.82, 2.24) is 9.80 Å². The van der Waals surface area contributed by atoms with Crippen LogP contribution >= 0.6 is 0 Å². The molecule has 0 aromatic carbocycles. The molecular weight excluding hydrogens is 244 g/mol. The molecule has 0 aliphatic rings. The summed E-state index contributed by atoms with van der Waals surface area (Å²) in [4.78, 5) is 15.3. The molecule has 0 aromatic rings. The first-order valence-corrected chi connectivity index (χ1v) is 7.04. The summed E-state index contributed by atoms with van der Waals surface area (Å²) in [6.07, 6.45) is 1.20. The van der Waals surface area contributed by atoms with Gasteiger partial charge in [-0.25, -0.2) is 0 Å². The van der Waals surface area contributed by atoms with Crippen molar-refractivity contribution >= 4 is 5.97 Å². The molecule has 0 fully saturated rings. The minimum Gasteiger partial charge on any atom is -0.481 e. The van der Waals surface area contributed by atoms with Crippen molar-refractivity contribution in [3.63, 3.8) is 0 Å². The molecule has 0 spiro atoms. The van der Waals surface area contributed by atoms with Gasteiger partial charge in [0.1, 0.15) is 0 Å². The number of carboxylic acid groups (broad SMARTS) is 1. The monoisotopic (exact) mass is 274 g/mol. The molecule has 114 valence electrons. The van der Waals surface area contributed by atoms with Gasteiger partial charge >= 0.3 is 5.97 Å². The van der Waals surface area contributed by atoms with Gasteiger partial charge in [0.2, 0.25) is 0 Å². The van der Waals surface area contributed by atoms with E-state index in [-0.39, 0.29) is 12.0 Å². The number of carboxylic acids is 1. The first-order valence-electron chi connectivity index (χ1n) is 7.04. The molecule has 1 N–H and O–H groups in total. The highest BCUT2D eigenvalue weighted by Gasteiger charge is 2.16. The highest BCUT2D eigenvalue weighted by atomic mass is 16.5. The molecule has 0 heterocycles. The minimum atomic E-state index is -0.728. The maximum absolute atomic E-state index is 10.9. The predicted molar refractivity (Wildman–Crippen MR) is 77.5 cm³/mol. The number of nitrogens with zero attached hydrogens (tertiary/aromatic N) is 2. The van der Waals surface area contributed by atoms with Crippen LogP contribution in [0, 0.1) is 5.92 Å². The van der Waals surface area contributed by atoms with Gasteiger partial charge in [-0.05, 0) is 34.4 Å². The Hall–Kier alpha value is -0.650. The van der Waals surface area contributed by atoms with Gasteiger partial charge in [0.25, 0.3) is 0 Å². The van der Waals surface area contributed by atoms with Crippen molar-refractivity contribution in [3.8, 4) is 0 Å². The topological polar surface area (TPSA) is 53.0 Å². The summed E-state index contributed by atoms with van der Waals surface area (Å²) in [5, 5.41) is 8.99. The number of hydrogen-bond donors (Lipinski definition) is 1. The lowest BCUT2D eigenvalue weighted by molar-refractivity contribution is -0.141. The Morgan fingerprint density at radius 2 is 1.79 bits per heavy atom. The Bertz CT molecular complexity index is 245. The maximum atomic E-state index is 10.9. The van der Waals surface area contributed by atoms with E-state index in [1.54, 1.807) is 6.92 Å². The quantitative estimate of drug-likeness (QED) is 0.577. The number of rotatable bonds is 11. The third-order valence-corrected chi connectivity index (χ3v) is 2.89. The highest BCUT2D eigenvalue weighted by molar-refractivity contribution is 5.69. The van der Waals surface area contributed by atoms with Crippen LogP contribution in [0.25, 0.3) is 0 Å². The van der Waals surface area contributed by atoms with E-state index in [0.29, 0.717) is 6.54 Å². The molecule has 0 amide bonds. The predicted octanol–water partition coefficient (Wildman–Crippen LogP) is 1.39. The van der Waals surface area contributed by atoms with E-state index in [1.165, 1.54) is 0 Å². The van der Waals surface area contributed by atoms with Crippen molar-refractivity contribution in [2.75, 3.05) is 46.9 Å². The largest absolute Gasteiger partial charge is 0.481 e. The van der Waals surface area contributed by atoms with Crippen molar-refractivity contribution in [1.29, 1.82) is 0 Å². The summed E-state index contributed by atoms with van der Waals surface area (Å²) in [6, 6.07) is 0. The SMILES string of the molecule is CC(C)OCCCN(CCN(C)C)CC(C)C(=O)O. The molecule has 0 aliphatic carbocycles. The average molecular weight is 274 g/mol. The van der Waals surface area contributed by atoms with Crippen LogP contribution in [0.15, 0.2) is 0 Å². The molecule has 0 bridgehead atoms. The van der Waals surface area contributed by atoms with Crippen molar-refractivity contribution in [2.45, 2.75) is 33.3 Å². The standard InChI is InChI=1S/C14H30N2O3/c1-12(2)19-10-6-7-16(9-8-15(4)5)11-13(3)14(17)18/h12-13H,6-11H2,1-5H3,(H,17,18). The maximum Gasteiger partial charge on any atom is 0.307 e. The normalized spacial score (nSPS) is 13.5. The fourth-order valence-electron chi connectivity index (χ4n) is 1.71. The molecule has 0 rings (SSSR count). The molecule has 19 heavy (non-hydrogen) atoms. The van der Waals surface area contributed by atoms with E-state index in [4.69, 9.17) is 9.84 Å². The van der Waals surface area contributed by atoms with Gasteiger partial charge in [-0.1, -0.05) is 6.92 Å². The Balaban J connectivity index is 4.06. The Labute approximate surface area is 117 Å². The first-order chi connectivity index (χ1) is 8.82. The molecule has 5 nitrogen and oxygen atoms in total.